The maximum Gasteiger partial charge on any atom is 0.333 e. The highest BCUT2D eigenvalue weighted by molar-refractivity contribution is 9.10. The van der Waals surface area contributed by atoms with Gasteiger partial charge in [-0.3, -0.25) is 14.4 Å². The average molecular weight is 755 g/mol. The fraction of sp³-hybridized carbons (Fsp3) is 0.793. The highest BCUT2D eigenvalue weighted by atomic mass is 79.9. The van der Waals surface area contributed by atoms with E-state index in [0.717, 1.165) is 0 Å². The third-order valence-corrected chi connectivity index (χ3v) is 5.60. The van der Waals surface area contributed by atoms with Gasteiger partial charge in [-0.25, -0.2) is 4.79 Å². The van der Waals surface area contributed by atoms with Gasteiger partial charge in [0.2, 0.25) is 0 Å². The van der Waals surface area contributed by atoms with Gasteiger partial charge in [-0.05, 0) is 48.0 Å². The van der Waals surface area contributed by atoms with Gasteiger partial charge in [0.1, 0.15) is 35.1 Å². The molecule has 256 valence electrons. The van der Waals surface area contributed by atoms with Gasteiger partial charge in [0.15, 0.2) is 0 Å². The Kier molecular flexibility index (Phi) is 30.1. The van der Waals surface area contributed by atoms with Gasteiger partial charge < -0.3 is 37.9 Å². The summed E-state index contributed by atoms with van der Waals surface area (Å²) >= 11 is 6.52. The van der Waals surface area contributed by atoms with Crippen LogP contribution in [-0.2, 0) is 57.1 Å². The van der Waals surface area contributed by atoms with Crippen LogP contribution in [0.5, 0.6) is 0 Å². The van der Waals surface area contributed by atoms with Crippen LogP contribution >= 0.6 is 31.9 Å². The van der Waals surface area contributed by atoms with E-state index in [4.69, 9.17) is 28.4 Å². The van der Waals surface area contributed by atoms with Crippen molar-refractivity contribution in [2.45, 2.75) is 64.0 Å². The summed E-state index contributed by atoms with van der Waals surface area (Å²) < 4.78 is 37.2. The van der Waals surface area contributed by atoms with Crippen molar-refractivity contribution in [3.8, 4) is 0 Å². The lowest BCUT2D eigenvalue weighted by molar-refractivity contribution is -0.157. The molecule has 0 spiro atoms. The maximum absolute atomic E-state index is 12.0. The molecule has 0 saturated carbocycles. The Hall–Kier alpha value is -1.58. The first-order valence-electron chi connectivity index (χ1n) is 13.0. The molecular weight excluding hydrogens is 700 g/mol. The molecule has 0 aromatic heterocycles. The Labute approximate surface area is 275 Å². The van der Waals surface area contributed by atoms with Crippen molar-refractivity contribution in [2.75, 3.05) is 81.3 Å². The third-order valence-electron chi connectivity index (χ3n) is 4.67. The lowest BCUT2D eigenvalue weighted by Crippen LogP contribution is -2.40. The molecule has 0 bridgehead atoms. The van der Waals surface area contributed by atoms with Crippen LogP contribution < -0.4 is 0 Å². The first kappa shape index (κ1) is 48.3. The lowest BCUT2D eigenvalue weighted by atomic mass is 9.83. The van der Waals surface area contributed by atoms with Gasteiger partial charge in [0.05, 0.1) is 31.8 Å². The van der Waals surface area contributed by atoms with E-state index in [2.05, 4.69) is 47.9 Å². The Bertz CT molecular complexity index is 761. The molecule has 0 N–H and O–H groups in total. The number of esters is 4. The second kappa shape index (κ2) is 26.8. The van der Waals surface area contributed by atoms with Crippen LogP contribution in [0.1, 0.15) is 55.4 Å². The normalized spacial score (nSPS) is 12.0. The molecule has 0 aliphatic rings. The molecule has 12 nitrogen and oxygen atoms in total. The molecule has 1 atom stereocenters. The molecule has 43 heavy (non-hydrogen) atoms. The quantitative estimate of drug-likeness (QED) is 0.0631. The number of hydrogen-bond donors (Lipinski definition) is 0. The predicted octanol–water partition coefficient (Wildman–Crippen LogP) is 4.67. The number of halogens is 2. The molecule has 0 heterocycles. The van der Waals surface area contributed by atoms with Gasteiger partial charge in [-0.15, -0.1) is 0 Å². The van der Waals surface area contributed by atoms with E-state index in [-0.39, 0.29) is 45.0 Å². The number of carbonyl (C=O) groups excluding carboxylic acids is 4. The first-order valence-corrected chi connectivity index (χ1v) is 14.6. The monoisotopic (exact) mass is 752 g/mol. The van der Waals surface area contributed by atoms with E-state index in [1.165, 1.54) is 14.2 Å². The van der Waals surface area contributed by atoms with Crippen LogP contribution in [0, 0.1) is 5.41 Å². The summed E-state index contributed by atoms with van der Waals surface area (Å²) in [6.45, 7) is 16.1. The second-order valence-electron chi connectivity index (χ2n) is 10.0. The Morgan fingerprint density at radius 2 is 0.907 bits per heavy atom. The molecule has 0 saturated heterocycles. The number of ether oxygens (including phenoxy) is 8. The van der Waals surface area contributed by atoms with Crippen LogP contribution in [0.15, 0.2) is 12.2 Å². The minimum atomic E-state index is -0.968. The minimum Gasteiger partial charge on any atom is -0.463 e. The van der Waals surface area contributed by atoms with Crippen LogP contribution in [-0.4, -0.2) is 114 Å². The third kappa shape index (κ3) is 27.7. The molecule has 0 aromatic rings. The number of rotatable bonds is 18. The number of alkyl halides is 2. The minimum absolute atomic E-state index is 0. The van der Waals surface area contributed by atoms with E-state index in [0.29, 0.717) is 45.2 Å². The summed E-state index contributed by atoms with van der Waals surface area (Å²) in [5.41, 5.74) is -0.414. The van der Waals surface area contributed by atoms with Crippen molar-refractivity contribution in [3.63, 3.8) is 0 Å². The largest absolute Gasteiger partial charge is 0.463 e. The van der Waals surface area contributed by atoms with E-state index >= 15 is 0 Å². The van der Waals surface area contributed by atoms with Crippen LogP contribution in [0.3, 0.4) is 0 Å². The molecule has 0 aliphatic heterocycles. The number of hydrogen-bond acceptors (Lipinski definition) is 12. The van der Waals surface area contributed by atoms with Crippen molar-refractivity contribution in [2.24, 2.45) is 5.41 Å². The summed E-state index contributed by atoms with van der Waals surface area (Å²) in [5.74, 6) is -1.45. The topological polar surface area (TPSA) is 142 Å². The highest BCUT2D eigenvalue weighted by Crippen LogP contribution is 2.35. The second-order valence-corrected chi connectivity index (χ2v) is 13.8. The van der Waals surface area contributed by atoms with E-state index < -0.39 is 20.0 Å². The smallest absolute Gasteiger partial charge is 0.333 e. The van der Waals surface area contributed by atoms with Gasteiger partial charge in [0, 0.05) is 34.0 Å². The number of methoxy groups -OCH3 is 4. The average Bonchev–Trinajstić information content (AvgIpc) is 2.88. The van der Waals surface area contributed by atoms with Crippen molar-refractivity contribution in [3.05, 3.63) is 12.2 Å². The molecule has 0 radical (unpaired) electrons. The van der Waals surface area contributed by atoms with E-state index in [1.807, 2.05) is 0 Å². The van der Waals surface area contributed by atoms with E-state index in [1.54, 1.807) is 55.8 Å². The van der Waals surface area contributed by atoms with Crippen molar-refractivity contribution >= 4 is 55.7 Å². The highest BCUT2D eigenvalue weighted by Gasteiger charge is 2.42. The van der Waals surface area contributed by atoms with Gasteiger partial charge in [-0.1, -0.05) is 45.9 Å². The summed E-state index contributed by atoms with van der Waals surface area (Å²) in [5, 5.41) is 0. The van der Waals surface area contributed by atoms with Gasteiger partial charge in [-0.2, -0.15) is 0 Å². The van der Waals surface area contributed by atoms with E-state index in [9.17, 15) is 19.2 Å². The summed E-state index contributed by atoms with van der Waals surface area (Å²) in [7, 11) is 6.17. The zero-order valence-corrected chi connectivity index (χ0v) is 29.9. The standard InChI is InChI=1S/C14H25BrO6.C7H13BrO3.C7H12O3.CH4/c1-13(2,11(16)20-8-6-18-4)10-14(3,15)12(17)21-9-7-19-5;1-7(2,8)6(9)11-5-4-10-3;1-6(2)7(8)10-5-4-9-3;/h6-10H2,1-5H3;4-5H2,1-3H3;1,4-5H2,2-3H3;1H4. The molecule has 0 aromatic carbocycles. The van der Waals surface area contributed by atoms with Crippen LogP contribution in [0.2, 0.25) is 0 Å². The molecule has 1 unspecified atom stereocenters. The summed E-state index contributed by atoms with van der Waals surface area (Å²) in [6.07, 6.45) is 0.248. The fourth-order valence-corrected chi connectivity index (χ4v) is 3.42. The summed E-state index contributed by atoms with van der Waals surface area (Å²) in [4.78, 5) is 45.7. The van der Waals surface area contributed by atoms with Crippen molar-refractivity contribution in [1.29, 1.82) is 0 Å². The number of carbonyl (C=O) groups is 4. The zero-order chi connectivity index (χ0) is 33.4. The molecule has 0 aliphatic carbocycles. The van der Waals surface area contributed by atoms with Crippen molar-refractivity contribution < 1.29 is 57.1 Å². The van der Waals surface area contributed by atoms with Crippen LogP contribution in [0.4, 0.5) is 0 Å². The fourth-order valence-electron chi connectivity index (χ4n) is 2.49. The zero-order valence-electron chi connectivity index (χ0n) is 26.7. The first-order chi connectivity index (χ1) is 19.3. The molecule has 14 heteroatoms. The Balaban J connectivity index is -0.000000291. The van der Waals surface area contributed by atoms with Gasteiger partial charge in [0.25, 0.3) is 0 Å². The maximum atomic E-state index is 12.0. The Morgan fingerprint density at radius 3 is 1.23 bits per heavy atom. The SMILES string of the molecule is C.C=C(C)C(=O)OCCOC.COCCOC(=O)C(C)(C)Br.COCCOC(=O)C(C)(C)CC(C)(Br)C(=O)OCCOC. The molecule has 0 amide bonds. The predicted molar refractivity (Wildman–Crippen MR) is 172 cm³/mol. The lowest BCUT2D eigenvalue weighted by Gasteiger charge is -2.30. The Morgan fingerprint density at radius 1 is 0.581 bits per heavy atom. The molecule has 0 rings (SSSR count). The molecule has 0 fully saturated rings. The molecular formula is C29H54Br2O12. The summed E-state index contributed by atoms with van der Waals surface area (Å²) in [6, 6.07) is 0. The van der Waals surface area contributed by atoms with Crippen molar-refractivity contribution in [1.82, 2.24) is 0 Å². The van der Waals surface area contributed by atoms with Crippen LogP contribution in [0.25, 0.3) is 0 Å². The van der Waals surface area contributed by atoms with Gasteiger partial charge >= 0.3 is 23.9 Å².